The van der Waals surface area contributed by atoms with E-state index in [0.29, 0.717) is 10.6 Å². The molecule has 0 saturated heterocycles. The molecule has 0 aromatic heterocycles. The van der Waals surface area contributed by atoms with Crippen LogP contribution in [-0.4, -0.2) is 21.0 Å². The van der Waals surface area contributed by atoms with Crippen LogP contribution in [0, 0.1) is 6.92 Å². The van der Waals surface area contributed by atoms with Crippen molar-refractivity contribution in [1.29, 1.82) is 0 Å². The molecule has 1 aliphatic heterocycles. The van der Waals surface area contributed by atoms with E-state index in [-0.39, 0.29) is 5.54 Å². The van der Waals surface area contributed by atoms with E-state index in [4.69, 9.17) is 0 Å². The van der Waals surface area contributed by atoms with Crippen molar-refractivity contribution in [3.05, 3.63) is 59.7 Å². The third-order valence-electron chi connectivity index (χ3n) is 4.51. The van der Waals surface area contributed by atoms with E-state index in [0.717, 1.165) is 22.4 Å². The van der Waals surface area contributed by atoms with Crippen molar-refractivity contribution in [3.8, 4) is 0 Å². The minimum atomic E-state index is -3.58. The summed E-state index contributed by atoms with van der Waals surface area (Å²) in [7, 11) is -1.99. The number of nitrogens with one attached hydrogen (secondary N) is 1. The highest BCUT2D eigenvalue weighted by Gasteiger charge is 2.25. The molecule has 0 radical (unpaired) electrons. The topological polar surface area (TPSA) is 49.4 Å². The van der Waals surface area contributed by atoms with Gasteiger partial charge in [-0.15, -0.1) is 0 Å². The van der Waals surface area contributed by atoms with Crippen molar-refractivity contribution in [2.24, 2.45) is 0 Å². The maximum absolute atomic E-state index is 12.9. The predicted molar refractivity (Wildman–Crippen MR) is 105 cm³/mol. The van der Waals surface area contributed by atoms with Crippen molar-refractivity contribution in [3.63, 3.8) is 0 Å². The number of anilines is 2. The largest absolute Gasteiger partial charge is 0.376 e. The summed E-state index contributed by atoms with van der Waals surface area (Å²) in [5.41, 5.74) is 4.76. The third-order valence-corrected chi connectivity index (χ3v) is 6.30. The molecule has 0 fully saturated rings. The number of rotatable bonds is 3. The molecule has 0 saturated carbocycles. The van der Waals surface area contributed by atoms with Gasteiger partial charge in [-0.2, -0.15) is 0 Å². The smallest absolute Gasteiger partial charge is 0.264 e. The van der Waals surface area contributed by atoms with E-state index >= 15 is 0 Å². The summed E-state index contributed by atoms with van der Waals surface area (Å²) in [5.74, 6) is 0. The van der Waals surface area contributed by atoms with Crippen LogP contribution in [0.1, 0.15) is 31.9 Å². The molecule has 3 rings (SSSR count). The number of hydrogen-bond donors (Lipinski definition) is 1. The first-order valence-electron chi connectivity index (χ1n) is 8.28. The maximum Gasteiger partial charge on any atom is 0.264 e. The molecule has 0 atom stereocenters. The van der Waals surface area contributed by atoms with E-state index in [2.05, 4.69) is 32.2 Å². The van der Waals surface area contributed by atoms with Gasteiger partial charge >= 0.3 is 0 Å². The molecule has 1 heterocycles. The molecule has 4 nitrogen and oxygen atoms in total. The van der Waals surface area contributed by atoms with Gasteiger partial charge in [0.15, 0.2) is 0 Å². The molecule has 1 N–H and O–H groups in total. The Morgan fingerprint density at radius 2 is 1.64 bits per heavy atom. The fourth-order valence-electron chi connectivity index (χ4n) is 3.17. The SMILES string of the molecule is CC1=CC(C)(C)Nc2ccc(N(C)S(=O)(=O)c3ccc(C)cc3)cc21. The molecule has 1 aliphatic rings. The summed E-state index contributed by atoms with van der Waals surface area (Å²) in [5, 5.41) is 3.47. The highest BCUT2D eigenvalue weighted by atomic mass is 32.2. The minimum Gasteiger partial charge on any atom is -0.376 e. The lowest BCUT2D eigenvalue weighted by Gasteiger charge is -2.32. The molecule has 0 bridgehead atoms. The Bertz CT molecular complexity index is 942. The first kappa shape index (κ1) is 17.5. The lowest BCUT2D eigenvalue weighted by atomic mass is 9.91. The van der Waals surface area contributed by atoms with E-state index in [1.165, 1.54) is 4.31 Å². The fourth-order valence-corrected chi connectivity index (χ4v) is 4.36. The quantitative estimate of drug-likeness (QED) is 0.885. The summed E-state index contributed by atoms with van der Waals surface area (Å²) >= 11 is 0. The molecule has 25 heavy (non-hydrogen) atoms. The zero-order valence-electron chi connectivity index (χ0n) is 15.3. The highest BCUT2D eigenvalue weighted by Crippen LogP contribution is 2.36. The standard InChI is InChI=1S/C20H24N2O2S/c1-14-6-9-17(10-7-14)25(23,24)22(5)16-8-11-19-18(12-16)15(2)13-20(3,4)21-19/h6-13,21H,1-5H3. The van der Waals surface area contributed by atoms with Gasteiger partial charge in [0.25, 0.3) is 10.0 Å². The van der Waals surface area contributed by atoms with Gasteiger partial charge in [-0.05, 0) is 63.6 Å². The molecule has 5 heteroatoms. The summed E-state index contributed by atoms with van der Waals surface area (Å²) in [6.07, 6.45) is 2.16. The zero-order valence-corrected chi connectivity index (χ0v) is 16.1. The summed E-state index contributed by atoms with van der Waals surface area (Å²) < 4.78 is 27.1. The van der Waals surface area contributed by atoms with Crippen LogP contribution >= 0.6 is 0 Å². The Balaban J connectivity index is 2.00. The van der Waals surface area contributed by atoms with Gasteiger partial charge in [-0.3, -0.25) is 4.31 Å². The lowest BCUT2D eigenvalue weighted by Crippen LogP contribution is -2.32. The van der Waals surface area contributed by atoms with Gasteiger partial charge in [0.2, 0.25) is 0 Å². The molecular weight excluding hydrogens is 332 g/mol. The van der Waals surface area contributed by atoms with Gasteiger partial charge in [0.1, 0.15) is 0 Å². The molecule has 2 aromatic carbocycles. The van der Waals surface area contributed by atoms with Crippen molar-refractivity contribution in [2.75, 3.05) is 16.7 Å². The summed E-state index contributed by atoms with van der Waals surface area (Å²) in [4.78, 5) is 0.296. The van der Waals surface area contributed by atoms with Crippen molar-refractivity contribution >= 4 is 27.0 Å². The summed E-state index contributed by atoms with van der Waals surface area (Å²) in [6, 6.07) is 12.6. The number of hydrogen-bond acceptors (Lipinski definition) is 3. The molecule has 0 amide bonds. The van der Waals surface area contributed by atoms with Crippen molar-refractivity contribution < 1.29 is 8.42 Å². The first-order chi connectivity index (χ1) is 11.6. The minimum absolute atomic E-state index is 0.113. The van der Waals surface area contributed by atoms with Crippen molar-refractivity contribution in [2.45, 2.75) is 38.1 Å². The highest BCUT2D eigenvalue weighted by molar-refractivity contribution is 7.92. The average molecular weight is 356 g/mol. The molecule has 0 spiro atoms. The molecule has 0 unspecified atom stereocenters. The van der Waals surface area contributed by atoms with E-state index in [1.807, 2.05) is 37.3 Å². The van der Waals surface area contributed by atoms with Gasteiger partial charge < -0.3 is 5.32 Å². The lowest BCUT2D eigenvalue weighted by molar-refractivity contribution is 0.594. The normalized spacial score (nSPS) is 15.8. The number of aryl methyl sites for hydroxylation is 1. The van der Waals surface area contributed by atoms with Gasteiger partial charge in [-0.25, -0.2) is 8.42 Å². The van der Waals surface area contributed by atoms with Crippen LogP contribution < -0.4 is 9.62 Å². The van der Waals surface area contributed by atoms with Gasteiger partial charge in [0, 0.05) is 18.3 Å². The Kier molecular flexibility index (Phi) is 4.15. The average Bonchev–Trinajstić information content (AvgIpc) is 2.53. The van der Waals surface area contributed by atoms with E-state index in [9.17, 15) is 8.42 Å². The Labute approximate surface area is 150 Å². The fraction of sp³-hybridized carbons (Fsp3) is 0.300. The second kappa shape index (κ2) is 5.92. The van der Waals surface area contributed by atoms with E-state index in [1.54, 1.807) is 19.2 Å². The number of fused-ring (bicyclic) bond motifs is 1. The van der Waals surface area contributed by atoms with Crippen LogP contribution in [0.4, 0.5) is 11.4 Å². The van der Waals surface area contributed by atoms with Gasteiger partial charge in [-0.1, -0.05) is 23.8 Å². The first-order valence-corrected chi connectivity index (χ1v) is 9.72. The zero-order chi connectivity index (χ0) is 18.4. The monoisotopic (exact) mass is 356 g/mol. The molecule has 2 aromatic rings. The van der Waals surface area contributed by atoms with Crippen LogP contribution in [0.25, 0.3) is 5.57 Å². The number of sulfonamides is 1. The Morgan fingerprint density at radius 3 is 2.28 bits per heavy atom. The van der Waals surface area contributed by atoms with Crippen LogP contribution in [0.5, 0.6) is 0 Å². The number of benzene rings is 2. The molecule has 132 valence electrons. The van der Waals surface area contributed by atoms with Crippen LogP contribution in [0.15, 0.2) is 53.4 Å². The second-order valence-corrected chi connectivity index (χ2v) is 9.16. The van der Waals surface area contributed by atoms with Crippen LogP contribution in [-0.2, 0) is 10.0 Å². The summed E-state index contributed by atoms with van der Waals surface area (Å²) in [6.45, 7) is 8.22. The maximum atomic E-state index is 12.9. The number of allylic oxidation sites excluding steroid dienone is 1. The van der Waals surface area contributed by atoms with Crippen molar-refractivity contribution in [1.82, 2.24) is 0 Å². The Hall–Kier alpha value is -2.27. The third kappa shape index (κ3) is 3.29. The molecular formula is C20H24N2O2S. The predicted octanol–water partition coefficient (Wildman–Crippen LogP) is 4.43. The van der Waals surface area contributed by atoms with Crippen LogP contribution in [0.2, 0.25) is 0 Å². The second-order valence-electron chi connectivity index (χ2n) is 7.19. The van der Waals surface area contributed by atoms with Gasteiger partial charge in [0.05, 0.1) is 16.1 Å². The van der Waals surface area contributed by atoms with E-state index < -0.39 is 10.0 Å². The Morgan fingerprint density at radius 1 is 1.00 bits per heavy atom. The number of nitrogens with zero attached hydrogens (tertiary/aromatic N) is 1. The van der Waals surface area contributed by atoms with Crippen LogP contribution in [0.3, 0.4) is 0 Å². The molecule has 0 aliphatic carbocycles.